The van der Waals surface area contributed by atoms with Gasteiger partial charge in [0.1, 0.15) is 11.2 Å². The lowest BCUT2D eigenvalue weighted by molar-refractivity contribution is 0.669. The molecule has 0 unspecified atom stereocenters. The molecule has 0 N–H and O–H groups in total. The summed E-state index contributed by atoms with van der Waals surface area (Å²) in [5, 5.41) is 8.94. The van der Waals surface area contributed by atoms with Crippen molar-refractivity contribution in [1.29, 1.82) is 0 Å². The maximum atomic E-state index is 8.99. The van der Waals surface area contributed by atoms with E-state index < -0.39 is 18.1 Å². The summed E-state index contributed by atoms with van der Waals surface area (Å²) in [6, 6.07) is 69.8. The molecule has 0 radical (unpaired) electrons. The molecule has 11 aromatic carbocycles. The third-order valence-electron chi connectivity index (χ3n) is 12.2. The number of nitrogens with zero attached hydrogens (tertiary/aromatic N) is 1. The Hall–Kier alpha value is -8.20. The Kier molecular flexibility index (Phi) is 7.35. The minimum Gasteiger partial charge on any atom is -0.456 e. The summed E-state index contributed by atoms with van der Waals surface area (Å²) < 4.78 is 50.0. The Bertz CT molecular complexity index is 3880. The fourth-order valence-corrected chi connectivity index (χ4v) is 9.18. The second-order valence-electron chi connectivity index (χ2n) is 15.7. The molecule has 0 aliphatic carbocycles. The molecule has 0 atom stereocenters. The van der Waals surface area contributed by atoms with Gasteiger partial charge in [-0.3, -0.25) is 0 Å². The van der Waals surface area contributed by atoms with Crippen molar-refractivity contribution in [2.75, 3.05) is 4.90 Å². The Labute approximate surface area is 367 Å². The van der Waals surface area contributed by atoms with Gasteiger partial charge in [-0.1, -0.05) is 194 Å². The van der Waals surface area contributed by atoms with E-state index in [0.717, 1.165) is 55.7 Å². The molecule has 2 nitrogen and oxygen atoms in total. The molecule has 62 heavy (non-hydrogen) atoms. The van der Waals surface area contributed by atoms with Gasteiger partial charge in [-0.15, -0.1) is 0 Å². The lowest BCUT2D eigenvalue weighted by Gasteiger charge is -2.27. The minimum absolute atomic E-state index is 0.107. The predicted molar refractivity (Wildman–Crippen MR) is 263 cm³/mol. The van der Waals surface area contributed by atoms with Gasteiger partial charge >= 0.3 is 0 Å². The highest BCUT2D eigenvalue weighted by atomic mass is 16.3. The van der Waals surface area contributed by atoms with Crippen LogP contribution >= 0.6 is 0 Å². The molecular weight excluding hydrogens is 751 g/mol. The van der Waals surface area contributed by atoms with Crippen LogP contribution in [0.2, 0.25) is 0 Å². The van der Waals surface area contributed by atoms with Gasteiger partial charge in [-0.05, 0) is 119 Å². The van der Waals surface area contributed by atoms with E-state index in [1.807, 2.05) is 30.3 Å². The average Bonchev–Trinajstić information content (AvgIpc) is 3.76. The van der Waals surface area contributed by atoms with Gasteiger partial charge in [-0.25, -0.2) is 0 Å². The molecule has 1 aromatic heterocycles. The normalized spacial score (nSPS) is 12.7. The topological polar surface area (TPSA) is 16.4 Å². The van der Waals surface area contributed by atoms with Crippen LogP contribution in [-0.2, 0) is 0 Å². The van der Waals surface area contributed by atoms with Crippen LogP contribution in [0.4, 0.5) is 17.1 Å². The quantitative estimate of drug-likeness (QED) is 0.149. The molecule has 0 saturated carbocycles. The number of benzene rings is 11. The highest BCUT2D eigenvalue weighted by molar-refractivity contribution is 6.15. The lowest BCUT2D eigenvalue weighted by Crippen LogP contribution is -2.10. The van der Waals surface area contributed by atoms with Crippen molar-refractivity contribution in [3.8, 4) is 44.5 Å². The SMILES string of the molecule is [2H]c1c([2H])c([2H])c(-c2cc(N(c3ccc(-c4ccc(-c5cccc6ccccc56)cc4)cc3)c3ccc(-c4cccc5c4ccc4ccccc45)cc3)c3c(c2)oc2ccccc23)c([2H])c1[2H]. The number of hydrogen-bond acceptors (Lipinski definition) is 2. The van der Waals surface area contributed by atoms with Crippen molar-refractivity contribution in [1.82, 2.24) is 0 Å². The molecule has 0 fully saturated rings. The molecule has 0 spiro atoms. The molecule has 0 aliphatic heterocycles. The molecule has 12 rings (SSSR count). The van der Waals surface area contributed by atoms with Crippen molar-refractivity contribution in [3.05, 3.63) is 236 Å². The van der Waals surface area contributed by atoms with Crippen molar-refractivity contribution in [3.63, 3.8) is 0 Å². The second-order valence-corrected chi connectivity index (χ2v) is 15.7. The summed E-state index contributed by atoms with van der Waals surface area (Å²) >= 11 is 0. The number of para-hydroxylation sites is 1. The largest absolute Gasteiger partial charge is 0.456 e. The third-order valence-corrected chi connectivity index (χ3v) is 12.2. The van der Waals surface area contributed by atoms with Crippen molar-refractivity contribution in [2.45, 2.75) is 0 Å². The van der Waals surface area contributed by atoms with E-state index in [0.29, 0.717) is 16.7 Å². The summed E-state index contributed by atoms with van der Waals surface area (Å²) in [7, 11) is 0. The van der Waals surface area contributed by atoms with E-state index >= 15 is 0 Å². The average molecular weight is 795 g/mol. The van der Waals surface area contributed by atoms with E-state index in [2.05, 4.69) is 175 Å². The van der Waals surface area contributed by atoms with E-state index in [4.69, 9.17) is 11.3 Å². The number of anilines is 3. The van der Waals surface area contributed by atoms with E-state index in [9.17, 15) is 0 Å². The van der Waals surface area contributed by atoms with Gasteiger partial charge in [0.05, 0.1) is 17.9 Å². The number of hydrogen-bond donors (Lipinski definition) is 0. The summed E-state index contributed by atoms with van der Waals surface area (Å²) in [6.07, 6.45) is 0. The summed E-state index contributed by atoms with van der Waals surface area (Å²) in [4.78, 5) is 2.18. The highest BCUT2D eigenvalue weighted by Gasteiger charge is 2.22. The number of fused-ring (bicyclic) bond motifs is 7. The zero-order chi connectivity index (χ0) is 45.3. The lowest BCUT2D eigenvalue weighted by atomic mass is 9.94. The molecule has 0 saturated heterocycles. The first-order valence-corrected chi connectivity index (χ1v) is 20.8. The minimum atomic E-state index is -0.437. The van der Waals surface area contributed by atoms with Gasteiger partial charge in [-0.2, -0.15) is 0 Å². The summed E-state index contributed by atoms with van der Waals surface area (Å²) in [5.74, 6) is 0. The van der Waals surface area contributed by atoms with Crippen LogP contribution in [-0.4, -0.2) is 0 Å². The van der Waals surface area contributed by atoms with Crippen molar-refractivity contribution < 1.29 is 11.3 Å². The summed E-state index contributed by atoms with van der Waals surface area (Å²) in [5.41, 5.74) is 10.9. The standard InChI is InChI=1S/C60H39NO/c1-2-12-40(13-3-1)47-38-57(60-56-19-8-9-23-58(56)62-59(60)39-47)61(49-35-30-46(31-36-49)53-21-11-22-54-52-18-7-5-15-44(52)32-37-55(53)54)48-33-28-42(29-34-48)41-24-26-45(27-25-41)51-20-10-16-43-14-4-6-17-50(43)51/h1-39H/i1D,2D,3D,12D,13D. The molecule has 0 bridgehead atoms. The van der Waals surface area contributed by atoms with Crippen molar-refractivity contribution in [2.24, 2.45) is 0 Å². The molecule has 0 amide bonds. The van der Waals surface area contributed by atoms with Crippen LogP contribution < -0.4 is 4.90 Å². The first-order valence-electron chi connectivity index (χ1n) is 23.3. The fraction of sp³-hybridized carbons (Fsp3) is 0. The summed E-state index contributed by atoms with van der Waals surface area (Å²) in [6.45, 7) is 0. The predicted octanol–water partition coefficient (Wildman–Crippen LogP) is 17.2. The third kappa shape index (κ3) is 6.12. The molecule has 1 heterocycles. The van der Waals surface area contributed by atoms with E-state index in [1.54, 1.807) is 6.07 Å². The van der Waals surface area contributed by atoms with E-state index in [-0.39, 0.29) is 17.6 Å². The van der Waals surface area contributed by atoms with E-state index in [1.165, 1.54) is 37.9 Å². The Balaban J connectivity index is 1.03. The Morgan fingerprint density at radius 3 is 1.60 bits per heavy atom. The van der Waals surface area contributed by atoms with Crippen LogP contribution in [0, 0.1) is 0 Å². The maximum absolute atomic E-state index is 8.99. The highest BCUT2D eigenvalue weighted by Crippen LogP contribution is 2.46. The van der Waals surface area contributed by atoms with Crippen LogP contribution in [0.3, 0.4) is 0 Å². The van der Waals surface area contributed by atoms with Crippen LogP contribution in [0.25, 0.3) is 98.8 Å². The van der Waals surface area contributed by atoms with Gasteiger partial charge in [0.15, 0.2) is 0 Å². The van der Waals surface area contributed by atoms with Gasteiger partial charge in [0.2, 0.25) is 0 Å². The monoisotopic (exact) mass is 794 g/mol. The zero-order valence-electron chi connectivity index (χ0n) is 38.5. The Morgan fingerprint density at radius 1 is 0.339 bits per heavy atom. The molecule has 2 heteroatoms. The fourth-order valence-electron chi connectivity index (χ4n) is 9.18. The first-order chi connectivity index (χ1) is 32.8. The van der Waals surface area contributed by atoms with Gasteiger partial charge < -0.3 is 9.32 Å². The Morgan fingerprint density at radius 2 is 0.871 bits per heavy atom. The van der Waals surface area contributed by atoms with Crippen LogP contribution in [0.15, 0.2) is 241 Å². The van der Waals surface area contributed by atoms with Crippen LogP contribution in [0.5, 0.6) is 0 Å². The van der Waals surface area contributed by atoms with Gasteiger partial charge in [0, 0.05) is 16.8 Å². The van der Waals surface area contributed by atoms with Crippen LogP contribution in [0.1, 0.15) is 6.85 Å². The molecule has 12 aromatic rings. The first kappa shape index (κ1) is 30.8. The zero-order valence-corrected chi connectivity index (χ0v) is 33.5. The second kappa shape index (κ2) is 14.8. The smallest absolute Gasteiger partial charge is 0.138 e. The molecular formula is C60H39NO. The number of rotatable bonds is 7. The number of furan rings is 1. The molecule has 290 valence electrons. The van der Waals surface area contributed by atoms with Gasteiger partial charge in [0.25, 0.3) is 0 Å². The maximum Gasteiger partial charge on any atom is 0.138 e. The van der Waals surface area contributed by atoms with Crippen molar-refractivity contribution >= 4 is 71.3 Å². The molecule has 0 aliphatic rings.